The highest BCUT2D eigenvalue weighted by molar-refractivity contribution is 6.30. The van der Waals surface area contributed by atoms with Gasteiger partial charge in [-0.1, -0.05) is 23.2 Å². The number of aliphatic hydroxyl groups is 3. The quantitative estimate of drug-likeness (QED) is 0.447. The van der Waals surface area contributed by atoms with E-state index >= 15 is 0 Å². The Morgan fingerprint density at radius 3 is 2.55 bits per heavy atom. The minimum Gasteiger partial charge on any atom is -0.394 e. The molecule has 0 radical (unpaired) electrons. The summed E-state index contributed by atoms with van der Waals surface area (Å²) in [6, 6.07) is 12.5. The van der Waals surface area contributed by atoms with Crippen LogP contribution in [0.25, 0.3) is 27.8 Å². The SMILES string of the molecule is Cc1ccc2c(c1)c1nn(-c3ccc(Cl)cc3)c(=O)c-1cn2C1O[C@H](CO)[C@@H](O)[C@H]1O. The molecule has 0 bridgehead atoms. The Hall–Kier alpha value is -2.75. The molecule has 1 saturated heterocycles. The van der Waals surface area contributed by atoms with E-state index in [2.05, 4.69) is 5.10 Å². The molecular weight excluding hydrogens is 422 g/mol. The summed E-state index contributed by atoms with van der Waals surface area (Å²) in [4.78, 5) is 13.2. The molecule has 3 heterocycles. The Bertz CT molecular complexity index is 1300. The molecule has 3 aliphatic heterocycles. The number of hydrogen-bond acceptors (Lipinski definition) is 6. The summed E-state index contributed by atoms with van der Waals surface area (Å²) in [6.07, 6.45) is -2.84. The van der Waals surface area contributed by atoms with Gasteiger partial charge in [-0.25, -0.2) is 0 Å². The normalized spacial score (nSPS) is 23.8. The highest BCUT2D eigenvalue weighted by Gasteiger charge is 2.43. The molecule has 0 aliphatic carbocycles. The number of fused-ring (bicyclic) bond motifs is 3. The van der Waals surface area contributed by atoms with Gasteiger partial charge in [0.25, 0.3) is 5.56 Å². The molecule has 0 amide bonds. The van der Waals surface area contributed by atoms with Crippen molar-refractivity contribution in [3.8, 4) is 16.9 Å². The fourth-order valence-corrected chi connectivity index (χ4v) is 4.21. The molecular formula is C22H20ClN3O5. The third-order valence-electron chi connectivity index (χ3n) is 5.69. The van der Waals surface area contributed by atoms with Crippen LogP contribution in [0.4, 0.5) is 0 Å². The van der Waals surface area contributed by atoms with Gasteiger partial charge in [0.05, 0.1) is 23.4 Å². The summed E-state index contributed by atoms with van der Waals surface area (Å²) < 4.78 is 8.65. The molecule has 0 saturated carbocycles. The van der Waals surface area contributed by atoms with Gasteiger partial charge in [0.15, 0.2) is 6.23 Å². The first-order valence-electron chi connectivity index (χ1n) is 9.81. The number of aliphatic hydroxyl groups excluding tert-OH is 3. The molecule has 1 fully saturated rings. The van der Waals surface area contributed by atoms with Crippen LogP contribution in [0.15, 0.2) is 53.5 Å². The first-order chi connectivity index (χ1) is 14.9. The number of ether oxygens (including phenoxy) is 1. The third kappa shape index (κ3) is 3.15. The number of pyridine rings is 1. The number of halogens is 1. The number of aromatic nitrogens is 3. The highest BCUT2D eigenvalue weighted by atomic mass is 35.5. The van der Waals surface area contributed by atoms with Gasteiger partial charge < -0.3 is 24.6 Å². The topological polar surface area (TPSA) is 110 Å². The van der Waals surface area contributed by atoms with Crippen molar-refractivity contribution in [3.63, 3.8) is 0 Å². The predicted molar refractivity (Wildman–Crippen MR) is 115 cm³/mol. The summed E-state index contributed by atoms with van der Waals surface area (Å²) in [5, 5.41) is 36.1. The van der Waals surface area contributed by atoms with E-state index in [9.17, 15) is 20.1 Å². The van der Waals surface area contributed by atoms with E-state index in [0.29, 0.717) is 32.9 Å². The Balaban J connectivity index is 1.77. The first kappa shape index (κ1) is 20.2. The molecule has 4 atom stereocenters. The monoisotopic (exact) mass is 441 g/mol. The lowest BCUT2D eigenvalue weighted by Gasteiger charge is -2.22. The van der Waals surface area contributed by atoms with Crippen molar-refractivity contribution in [2.24, 2.45) is 0 Å². The minimum atomic E-state index is -1.27. The van der Waals surface area contributed by atoms with Crippen molar-refractivity contribution in [3.05, 3.63) is 69.6 Å². The van der Waals surface area contributed by atoms with E-state index in [4.69, 9.17) is 16.3 Å². The lowest BCUT2D eigenvalue weighted by atomic mass is 10.0. The van der Waals surface area contributed by atoms with Gasteiger partial charge in [0.1, 0.15) is 24.0 Å². The molecule has 2 aromatic carbocycles. The second kappa shape index (κ2) is 7.44. The standard InChI is InChI=1S/C22H20ClN3O5/c1-11-2-7-16-14(8-11)18-15(9-25(16)22-20(29)19(28)17(10-27)31-22)21(30)26(24-18)13-5-3-12(23)4-6-13/h2-9,17,19-20,22,27-29H,10H2,1H3/t17-,19-,20-,22?/m1/s1. The lowest BCUT2D eigenvalue weighted by molar-refractivity contribution is -0.0508. The zero-order valence-corrected chi connectivity index (χ0v) is 17.3. The maximum atomic E-state index is 13.2. The van der Waals surface area contributed by atoms with E-state index in [1.54, 1.807) is 35.0 Å². The van der Waals surface area contributed by atoms with Crippen molar-refractivity contribution < 1.29 is 20.1 Å². The van der Waals surface area contributed by atoms with Gasteiger partial charge in [-0.3, -0.25) is 4.79 Å². The van der Waals surface area contributed by atoms with Gasteiger partial charge >= 0.3 is 0 Å². The lowest BCUT2D eigenvalue weighted by Crippen LogP contribution is -2.33. The highest BCUT2D eigenvalue weighted by Crippen LogP contribution is 2.36. The van der Waals surface area contributed by atoms with E-state index < -0.39 is 31.1 Å². The average Bonchev–Trinajstić information content (AvgIpc) is 3.25. The van der Waals surface area contributed by atoms with Crippen molar-refractivity contribution in [1.29, 1.82) is 0 Å². The summed E-state index contributed by atoms with van der Waals surface area (Å²) in [5.41, 5.74) is 2.74. The van der Waals surface area contributed by atoms with E-state index in [-0.39, 0.29) is 5.56 Å². The number of aryl methyl sites for hydroxylation is 1. The largest absolute Gasteiger partial charge is 0.394 e. The minimum absolute atomic E-state index is 0.332. The Labute approximate surface area is 181 Å². The molecule has 2 aromatic rings. The van der Waals surface area contributed by atoms with Gasteiger partial charge in [0.2, 0.25) is 0 Å². The van der Waals surface area contributed by atoms with Crippen molar-refractivity contribution in [2.75, 3.05) is 6.61 Å². The number of rotatable bonds is 3. The van der Waals surface area contributed by atoms with Crippen LogP contribution in [0.2, 0.25) is 5.02 Å². The molecule has 31 heavy (non-hydrogen) atoms. The van der Waals surface area contributed by atoms with Crippen molar-refractivity contribution in [1.82, 2.24) is 14.3 Å². The smallest absolute Gasteiger partial charge is 0.282 e. The second-order valence-corrected chi connectivity index (χ2v) is 8.18. The summed E-state index contributed by atoms with van der Waals surface area (Å²) in [7, 11) is 0. The van der Waals surface area contributed by atoms with Crippen LogP contribution >= 0.6 is 11.6 Å². The molecule has 1 unspecified atom stereocenters. The van der Waals surface area contributed by atoms with Gasteiger partial charge in [-0.15, -0.1) is 0 Å². The molecule has 0 aromatic heterocycles. The van der Waals surface area contributed by atoms with Crippen LogP contribution in [0.5, 0.6) is 0 Å². The molecule has 0 spiro atoms. The average molecular weight is 442 g/mol. The van der Waals surface area contributed by atoms with Crippen molar-refractivity contribution in [2.45, 2.75) is 31.5 Å². The Kier molecular flexibility index (Phi) is 4.84. The van der Waals surface area contributed by atoms with E-state index in [0.717, 1.165) is 5.56 Å². The van der Waals surface area contributed by atoms with Gasteiger partial charge in [-0.05, 0) is 43.3 Å². The van der Waals surface area contributed by atoms with Crippen LogP contribution in [-0.4, -0.2) is 54.6 Å². The number of hydrogen-bond donors (Lipinski definition) is 3. The van der Waals surface area contributed by atoms with Gasteiger partial charge in [-0.2, -0.15) is 9.78 Å². The van der Waals surface area contributed by atoms with Gasteiger partial charge in [0, 0.05) is 16.6 Å². The summed E-state index contributed by atoms with van der Waals surface area (Å²) >= 11 is 5.97. The fraction of sp³-hybridized carbons (Fsp3) is 0.273. The molecule has 8 nitrogen and oxygen atoms in total. The third-order valence-corrected chi connectivity index (χ3v) is 5.95. The zero-order chi connectivity index (χ0) is 21.9. The van der Waals surface area contributed by atoms with Crippen molar-refractivity contribution >= 4 is 22.5 Å². The van der Waals surface area contributed by atoms with Crippen LogP contribution in [0.1, 0.15) is 11.8 Å². The fourth-order valence-electron chi connectivity index (χ4n) is 4.08. The van der Waals surface area contributed by atoms with E-state index in [1.807, 2.05) is 25.1 Å². The summed E-state index contributed by atoms with van der Waals surface area (Å²) in [5.74, 6) is 0. The van der Waals surface area contributed by atoms with Crippen LogP contribution in [-0.2, 0) is 4.74 Å². The molecule has 3 N–H and O–H groups in total. The van der Waals surface area contributed by atoms with Crippen LogP contribution in [0.3, 0.4) is 0 Å². The first-order valence-corrected chi connectivity index (χ1v) is 10.2. The van der Waals surface area contributed by atoms with E-state index in [1.165, 1.54) is 4.68 Å². The number of benzene rings is 2. The Morgan fingerprint density at radius 2 is 1.87 bits per heavy atom. The molecule has 160 valence electrons. The summed E-state index contributed by atoms with van der Waals surface area (Å²) in [6.45, 7) is 1.50. The Morgan fingerprint density at radius 1 is 1.13 bits per heavy atom. The second-order valence-electron chi connectivity index (χ2n) is 7.74. The molecule has 5 rings (SSSR count). The van der Waals surface area contributed by atoms with Crippen LogP contribution < -0.4 is 5.56 Å². The zero-order valence-electron chi connectivity index (χ0n) is 16.5. The molecule has 9 heteroatoms. The predicted octanol–water partition coefficient (Wildman–Crippen LogP) is 1.87. The maximum Gasteiger partial charge on any atom is 0.282 e. The molecule has 3 aliphatic rings. The number of nitrogens with zero attached hydrogens (tertiary/aromatic N) is 3. The maximum absolute atomic E-state index is 13.2. The van der Waals surface area contributed by atoms with Crippen LogP contribution in [0, 0.1) is 6.92 Å².